The topological polar surface area (TPSA) is 21.3 Å². The third kappa shape index (κ3) is 3.23. The van der Waals surface area contributed by atoms with Crippen molar-refractivity contribution >= 4 is 0 Å². The summed E-state index contributed by atoms with van der Waals surface area (Å²) in [5.41, 5.74) is 0.0243. The zero-order chi connectivity index (χ0) is 12.9. The minimum atomic E-state index is 0.0243. The van der Waals surface area contributed by atoms with Gasteiger partial charge in [0.05, 0.1) is 5.60 Å². The molecular weight excluding hydrogens is 210 g/mol. The highest BCUT2D eigenvalue weighted by atomic mass is 16.5. The lowest BCUT2D eigenvalue weighted by Crippen LogP contribution is -2.55. The number of nitrogens with one attached hydrogen (secondary N) is 1. The molecule has 17 heavy (non-hydrogen) atoms. The molecule has 1 aliphatic rings. The normalized spacial score (nSPS) is 28.1. The fraction of sp³-hybridized carbons (Fsp3) is 1.00. The second-order valence-electron chi connectivity index (χ2n) is 5.77. The number of hydrogen-bond donors (Lipinski definition) is 1. The third-order valence-corrected chi connectivity index (χ3v) is 4.93. The van der Waals surface area contributed by atoms with Crippen LogP contribution >= 0.6 is 0 Å². The van der Waals surface area contributed by atoms with Gasteiger partial charge in [-0.3, -0.25) is 0 Å². The van der Waals surface area contributed by atoms with E-state index in [0.717, 1.165) is 24.7 Å². The maximum absolute atomic E-state index is 5.92. The van der Waals surface area contributed by atoms with Crippen molar-refractivity contribution in [2.75, 3.05) is 14.2 Å². The fourth-order valence-corrected chi connectivity index (χ4v) is 3.82. The van der Waals surface area contributed by atoms with Crippen LogP contribution in [0.4, 0.5) is 0 Å². The molecule has 0 aromatic carbocycles. The highest BCUT2D eigenvalue weighted by molar-refractivity contribution is 4.96. The first-order valence-electron chi connectivity index (χ1n) is 7.35. The van der Waals surface area contributed by atoms with Crippen molar-refractivity contribution < 1.29 is 4.74 Å². The first-order chi connectivity index (χ1) is 8.13. The van der Waals surface area contributed by atoms with E-state index in [0.29, 0.717) is 6.04 Å². The predicted octanol–water partition coefficient (Wildman–Crippen LogP) is 3.61. The summed E-state index contributed by atoms with van der Waals surface area (Å²) in [7, 11) is 3.98. The molecule has 0 spiro atoms. The molecule has 1 aliphatic carbocycles. The summed E-state index contributed by atoms with van der Waals surface area (Å²) < 4.78 is 5.92. The van der Waals surface area contributed by atoms with E-state index >= 15 is 0 Å². The van der Waals surface area contributed by atoms with Gasteiger partial charge < -0.3 is 10.1 Å². The molecule has 1 N–H and O–H groups in total. The van der Waals surface area contributed by atoms with Crippen LogP contribution in [0.25, 0.3) is 0 Å². The van der Waals surface area contributed by atoms with Crippen LogP contribution in [0.2, 0.25) is 0 Å². The van der Waals surface area contributed by atoms with Gasteiger partial charge in [0.1, 0.15) is 0 Å². The monoisotopic (exact) mass is 241 g/mol. The molecule has 1 rings (SSSR count). The zero-order valence-corrected chi connectivity index (χ0v) is 12.4. The van der Waals surface area contributed by atoms with E-state index in [1.54, 1.807) is 0 Å². The quantitative estimate of drug-likeness (QED) is 0.767. The smallest absolute Gasteiger partial charge is 0.0828 e. The number of likely N-dealkylation sites (N-methyl/N-ethyl adjacent to an activating group) is 1. The Morgan fingerprint density at radius 3 is 2.35 bits per heavy atom. The van der Waals surface area contributed by atoms with Crippen molar-refractivity contribution in [3.05, 3.63) is 0 Å². The molecule has 0 radical (unpaired) electrons. The molecule has 1 saturated carbocycles. The van der Waals surface area contributed by atoms with Crippen molar-refractivity contribution in [1.82, 2.24) is 5.32 Å². The van der Waals surface area contributed by atoms with Gasteiger partial charge in [-0.25, -0.2) is 0 Å². The Balaban J connectivity index is 2.80. The maximum atomic E-state index is 5.92. The number of hydrogen-bond acceptors (Lipinski definition) is 2. The molecule has 0 amide bonds. The average molecular weight is 241 g/mol. The molecule has 1 fully saturated rings. The van der Waals surface area contributed by atoms with Gasteiger partial charge in [0.25, 0.3) is 0 Å². The Labute approximate surface area is 108 Å². The van der Waals surface area contributed by atoms with Gasteiger partial charge >= 0.3 is 0 Å². The summed E-state index contributed by atoms with van der Waals surface area (Å²) in [6.45, 7) is 6.90. The van der Waals surface area contributed by atoms with E-state index < -0.39 is 0 Å². The van der Waals surface area contributed by atoms with E-state index in [1.165, 1.54) is 25.7 Å². The molecule has 0 aromatic heterocycles. The molecule has 2 heteroatoms. The lowest BCUT2D eigenvalue weighted by Gasteiger charge is -2.44. The van der Waals surface area contributed by atoms with Crippen molar-refractivity contribution in [2.24, 2.45) is 11.8 Å². The van der Waals surface area contributed by atoms with Crippen molar-refractivity contribution in [3.8, 4) is 0 Å². The summed E-state index contributed by atoms with van der Waals surface area (Å²) >= 11 is 0. The van der Waals surface area contributed by atoms with Crippen LogP contribution < -0.4 is 5.32 Å². The number of methoxy groups -OCH3 is 1. The summed E-state index contributed by atoms with van der Waals surface area (Å²) in [5.74, 6) is 1.66. The van der Waals surface area contributed by atoms with Gasteiger partial charge in [0, 0.05) is 13.2 Å². The van der Waals surface area contributed by atoms with Gasteiger partial charge in [-0.1, -0.05) is 33.6 Å². The Hall–Kier alpha value is -0.0800. The molecule has 0 saturated heterocycles. The summed E-state index contributed by atoms with van der Waals surface area (Å²) in [6, 6.07) is 0.505. The second kappa shape index (κ2) is 6.75. The molecule has 3 atom stereocenters. The number of rotatable bonds is 6. The van der Waals surface area contributed by atoms with Crippen LogP contribution in [0, 0.1) is 11.8 Å². The minimum absolute atomic E-state index is 0.0243. The molecule has 2 nitrogen and oxygen atoms in total. The van der Waals surface area contributed by atoms with Crippen molar-refractivity contribution in [2.45, 2.75) is 70.9 Å². The van der Waals surface area contributed by atoms with Gasteiger partial charge in [0.2, 0.25) is 0 Å². The van der Waals surface area contributed by atoms with Gasteiger partial charge in [-0.2, -0.15) is 0 Å². The summed E-state index contributed by atoms with van der Waals surface area (Å²) in [6.07, 6.45) is 7.70. The molecule has 102 valence electrons. The largest absolute Gasteiger partial charge is 0.377 e. The SMILES string of the molecule is CCC(CC)(OC)C(NC)C1CCCC(C)C1. The highest BCUT2D eigenvalue weighted by Gasteiger charge is 2.40. The molecule has 0 bridgehead atoms. The van der Waals surface area contributed by atoms with Gasteiger partial charge in [0.15, 0.2) is 0 Å². The molecular formula is C15H31NO. The Bertz CT molecular complexity index is 205. The van der Waals surface area contributed by atoms with E-state index in [2.05, 4.69) is 33.1 Å². The lowest BCUT2D eigenvalue weighted by molar-refractivity contribution is -0.0671. The molecule has 0 heterocycles. The van der Waals surface area contributed by atoms with Gasteiger partial charge in [-0.05, 0) is 44.6 Å². The third-order valence-electron chi connectivity index (χ3n) is 4.93. The van der Waals surface area contributed by atoms with E-state index in [1.807, 2.05) is 7.11 Å². The van der Waals surface area contributed by atoms with E-state index in [4.69, 9.17) is 4.74 Å². The first kappa shape index (κ1) is 15.0. The maximum Gasteiger partial charge on any atom is 0.0828 e. The molecule has 3 unspecified atom stereocenters. The second-order valence-corrected chi connectivity index (χ2v) is 5.77. The highest BCUT2D eigenvalue weighted by Crippen LogP contribution is 2.37. The lowest BCUT2D eigenvalue weighted by atomic mass is 9.71. The average Bonchev–Trinajstić information content (AvgIpc) is 2.36. The summed E-state index contributed by atoms with van der Waals surface area (Å²) in [4.78, 5) is 0. The minimum Gasteiger partial charge on any atom is -0.377 e. The van der Waals surface area contributed by atoms with Crippen LogP contribution in [0.15, 0.2) is 0 Å². The molecule has 0 aliphatic heterocycles. The zero-order valence-electron chi connectivity index (χ0n) is 12.4. The van der Waals surface area contributed by atoms with Crippen molar-refractivity contribution in [1.29, 1.82) is 0 Å². The van der Waals surface area contributed by atoms with Crippen LogP contribution in [-0.4, -0.2) is 25.8 Å². The van der Waals surface area contributed by atoms with Crippen LogP contribution in [-0.2, 0) is 4.74 Å². The van der Waals surface area contributed by atoms with E-state index in [9.17, 15) is 0 Å². The summed E-state index contributed by atoms with van der Waals surface area (Å²) in [5, 5.41) is 3.56. The molecule has 0 aromatic rings. The van der Waals surface area contributed by atoms with E-state index in [-0.39, 0.29) is 5.60 Å². The standard InChI is InChI=1S/C15H31NO/c1-6-15(7-2,17-5)14(16-4)13-10-8-9-12(3)11-13/h12-14,16H,6-11H2,1-5H3. The Morgan fingerprint density at radius 1 is 1.29 bits per heavy atom. The fourth-order valence-electron chi connectivity index (χ4n) is 3.82. The Morgan fingerprint density at radius 2 is 1.94 bits per heavy atom. The first-order valence-corrected chi connectivity index (χ1v) is 7.35. The van der Waals surface area contributed by atoms with Crippen molar-refractivity contribution in [3.63, 3.8) is 0 Å². The Kier molecular flexibility index (Phi) is 5.94. The van der Waals surface area contributed by atoms with Crippen LogP contribution in [0.1, 0.15) is 59.3 Å². The van der Waals surface area contributed by atoms with Crippen LogP contribution in [0.5, 0.6) is 0 Å². The van der Waals surface area contributed by atoms with Crippen LogP contribution in [0.3, 0.4) is 0 Å². The number of ether oxygens (including phenoxy) is 1. The predicted molar refractivity (Wildman–Crippen MR) is 74.3 cm³/mol. The van der Waals surface area contributed by atoms with Gasteiger partial charge in [-0.15, -0.1) is 0 Å².